The van der Waals surface area contributed by atoms with Crippen LogP contribution in [0.15, 0.2) is 42.5 Å². The second-order valence-electron chi connectivity index (χ2n) is 10.9. The summed E-state index contributed by atoms with van der Waals surface area (Å²) in [7, 11) is 0. The molecule has 1 aliphatic heterocycles. The molecule has 34 heavy (non-hydrogen) atoms. The summed E-state index contributed by atoms with van der Waals surface area (Å²) in [5.74, 6) is 2.19. The predicted molar refractivity (Wildman–Crippen MR) is 138 cm³/mol. The monoisotopic (exact) mass is 458 g/mol. The van der Waals surface area contributed by atoms with Crippen LogP contribution in [0.4, 0.5) is 0 Å². The summed E-state index contributed by atoms with van der Waals surface area (Å²) in [5, 5.41) is 12.3. The molecule has 180 valence electrons. The highest BCUT2D eigenvalue weighted by Gasteiger charge is 2.34. The molecule has 4 heteroatoms. The summed E-state index contributed by atoms with van der Waals surface area (Å²) in [5.41, 5.74) is 7.27. The molecular weight excluding hydrogens is 420 g/mol. The maximum Gasteiger partial charge on any atom is 0.122 e. The van der Waals surface area contributed by atoms with Gasteiger partial charge in [0.05, 0.1) is 6.67 Å². The zero-order chi connectivity index (χ0) is 23.1. The van der Waals surface area contributed by atoms with Gasteiger partial charge in [-0.3, -0.25) is 4.90 Å². The number of para-hydroxylation sites is 1. The molecule has 2 atom stereocenters. The summed E-state index contributed by atoms with van der Waals surface area (Å²) in [6, 6.07) is 15.4. The van der Waals surface area contributed by atoms with E-state index in [9.17, 15) is 5.11 Å². The van der Waals surface area contributed by atoms with Gasteiger partial charge in [0.1, 0.15) is 18.5 Å². The first-order valence-electron chi connectivity index (χ1n) is 13.4. The standard InChI is InChI=1S/C30H38N2O2/c1-21-8-5-6-13-29(21)34-19-25(33)18-31-17-24-11-7-12-26-27-16-23(22-9-3-2-4-10-22)14-15-28(27)32(20-31)30(24)26/h5-6,8,13-16,22,24-25,33H,2-4,7,9-12,17-20H2,1H3. The Morgan fingerprint density at radius 1 is 1.00 bits per heavy atom. The number of hydrogen-bond donors (Lipinski definition) is 1. The lowest BCUT2D eigenvalue weighted by atomic mass is 9.82. The summed E-state index contributed by atoms with van der Waals surface area (Å²) in [6.45, 7) is 4.94. The highest BCUT2D eigenvalue weighted by atomic mass is 16.5. The zero-order valence-electron chi connectivity index (χ0n) is 20.5. The van der Waals surface area contributed by atoms with Crippen LogP contribution in [0.1, 0.15) is 79.2 Å². The van der Waals surface area contributed by atoms with Crippen molar-refractivity contribution in [3.05, 3.63) is 64.8 Å². The van der Waals surface area contributed by atoms with E-state index in [0.717, 1.165) is 30.4 Å². The van der Waals surface area contributed by atoms with E-state index in [1.54, 1.807) is 16.8 Å². The van der Waals surface area contributed by atoms with E-state index < -0.39 is 6.10 Å². The predicted octanol–water partition coefficient (Wildman–Crippen LogP) is 6.13. The van der Waals surface area contributed by atoms with Gasteiger partial charge in [-0.1, -0.05) is 43.5 Å². The minimum Gasteiger partial charge on any atom is -0.491 e. The zero-order valence-corrected chi connectivity index (χ0v) is 20.5. The van der Waals surface area contributed by atoms with Crippen LogP contribution in [0.2, 0.25) is 0 Å². The van der Waals surface area contributed by atoms with Crippen molar-refractivity contribution in [2.75, 3.05) is 19.7 Å². The summed E-state index contributed by atoms with van der Waals surface area (Å²) >= 11 is 0. The van der Waals surface area contributed by atoms with Gasteiger partial charge in [-0.05, 0) is 79.8 Å². The Bertz CT molecular complexity index is 1160. The lowest BCUT2D eigenvalue weighted by Crippen LogP contribution is -2.43. The molecule has 1 fully saturated rings. The SMILES string of the molecule is Cc1ccccc1OCC(O)CN1CC2CCCc3c2n(c2ccc(C4CCCCC4)cc32)C1. The molecule has 0 bridgehead atoms. The number of aryl methyl sites for hydroxylation is 2. The third kappa shape index (κ3) is 4.16. The molecule has 6 rings (SSSR count). The van der Waals surface area contributed by atoms with Crippen LogP contribution in [0, 0.1) is 6.92 Å². The normalized spacial score (nSPS) is 22.0. The fraction of sp³-hybridized carbons (Fsp3) is 0.533. The number of fused-ring (bicyclic) bond motifs is 3. The van der Waals surface area contributed by atoms with Gasteiger partial charge >= 0.3 is 0 Å². The van der Waals surface area contributed by atoms with Gasteiger partial charge in [-0.2, -0.15) is 0 Å². The van der Waals surface area contributed by atoms with Crippen LogP contribution in [0.5, 0.6) is 5.75 Å². The molecule has 1 saturated carbocycles. The fourth-order valence-corrected chi connectivity index (χ4v) is 6.83. The molecule has 0 radical (unpaired) electrons. The van der Waals surface area contributed by atoms with Gasteiger partial charge in [0.25, 0.3) is 0 Å². The molecule has 2 heterocycles. The Morgan fingerprint density at radius 3 is 2.68 bits per heavy atom. The smallest absolute Gasteiger partial charge is 0.122 e. The summed E-state index contributed by atoms with van der Waals surface area (Å²) < 4.78 is 8.50. The molecular formula is C30H38N2O2. The first-order valence-corrected chi connectivity index (χ1v) is 13.4. The van der Waals surface area contributed by atoms with Crippen molar-refractivity contribution in [2.24, 2.45) is 0 Å². The summed E-state index contributed by atoms with van der Waals surface area (Å²) in [4.78, 5) is 2.44. The Hall–Kier alpha value is -2.30. The first-order chi connectivity index (χ1) is 16.7. The van der Waals surface area contributed by atoms with Gasteiger partial charge in [0.2, 0.25) is 0 Å². The maximum absolute atomic E-state index is 10.8. The van der Waals surface area contributed by atoms with Crippen molar-refractivity contribution in [3.63, 3.8) is 0 Å². The third-order valence-corrected chi connectivity index (χ3v) is 8.49. The second kappa shape index (κ2) is 9.39. The number of hydrogen-bond acceptors (Lipinski definition) is 3. The van der Waals surface area contributed by atoms with E-state index in [-0.39, 0.29) is 0 Å². The van der Waals surface area contributed by atoms with Crippen molar-refractivity contribution < 1.29 is 9.84 Å². The van der Waals surface area contributed by atoms with E-state index in [4.69, 9.17) is 4.74 Å². The van der Waals surface area contributed by atoms with Crippen LogP contribution >= 0.6 is 0 Å². The first kappa shape index (κ1) is 22.2. The molecule has 0 amide bonds. The van der Waals surface area contributed by atoms with Crippen LogP contribution in [0.3, 0.4) is 0 Å². The molecule has 2 aliphatic carbocycles. The molecule has 2 unspecified atom stereocenters. The number of rotatable bonds is 6. The third-order valence-electron chi connectivity index (χ3n) is 8.49. The van der Waals surface area contributed by atoms with Crippen molar-refractivity contribution in [2.45, 2.75) is 82.9 Å². The number of ether oxygens (including phenoxy) is 1. The van der Waals surface area contributed by atoms with Crippen LogP contribution < -0.4 is 4.74 Å². The van der Waals surface area contributed by atoms with E-state index in [2.05, 4.69) is 27.7 Å². The van der Waals surface area contributed by atoms with Gasteiger partial charge < -0.3 is 14.4 Å². The highest BCUT2D eigenvalue weighted by Crippen LogP contribution is 2.43. The van der Waals surface area contributed by atoms with Crippen molar-refractivity contribution in [1.82, 2.24) is 9.47 Å². The van der Waals surface area contributed by atoms with E-state index in [1.807, 2.05) is 31.2 Å². The molecule has 2 aromatic carbocycles. The Balaban J connectivity index is 1.21. The number of nitrogens with zero attached hydrogens (tertiary/aromatic N) is 2. The molecule has 1 aromatic heterocycles. The van der Waals surface area contributed by atoms with Crippen LogP contribution in [-0.4, -0.2) is 40.4 Å². The summed E-state index contributed by atoms with van der Waals surface area (Å²) in [6.07, 6.45) is 10.1. The van der Waals surface area contributed by atoms with E-state index in [0.29, 0.717) is 19.1 Å². The number of aliphatic hydroxyl groups is 1. The largest absolute Gasteiger partial charge is 0.491 e. The Kier molecular flexibility index (Phi) is 6.13. The van der Waals surface area contributed by atoms with E-state index >= 15 is 0 Å². The van der Waals surface area contributed by atoms with Crippen molar-refractivity contribution in [1.29, 1.82) is 0 Å². The lowest BCUT2D eigenvalue weighted by Gasteiger charge is -2.38. The molecule has 4 nitrogen and oxygen atoms in total. The van der Waals surface area contributed by atoms with Gasteiger partial charge in [0, 0.05) is 35.6 Å². The van der Waals surface area contributed by atoms with Crippen LogP contribution in [-0.2, 0) is 13.1 Å². The molecule has 0 spiro atoms. The Morgan fingerprint density at radius 2 is 1.82 bits per heavy atom. The Labute approximate surface area is 203 Å². The minimum atomic E-state index is -0.496. The van der Waals surface area contributed by atoms with Crippen molar-refractivity contribution >= 4 is 10.9 Å². The minimum absolute atomic E-state index is 0.335. The lowest BCUT2D eigenvalue weighted by molar-refractivity contribution is 0.0466. The second-order valence-corrected chi connectivity index (χ2v) is 10.9. The maximum atomic E-state index is 10.8. The van der Waals surface area contributed by atoms with Gasteiger partial charge in [0.15, 0.2) is 0 Å². The molecule has 1 N–H and O–H groups in total. The fourth-order valence-electron chi connectivity index (χ4n) is 6.83. The average molecular weight is 459 g/mol. The number of aromatic nitrogens is 1. The number of β-amino-alcohol motifs (C(OH)–C–C–N with tert-alkyl or cyclic N) is 1. The molecule has 3 aliphatic rings. The number of benzene rings is 2. The quantitative estimate of drug-likeness (QED) is 0.483. The topological polar surface area (TPSA) is 37.6 Å². The molecule has 3 aromatic rings. The van der Waals surface area contributed by atoms with Gasteiger partial charge in [-0.25, -0.2) is 0 Å². The highest BCUT2D eigenvalue weighted by molar-refractivity contribution is 5.87. The average Bonchev–Trinajstić information content (AvgIpc) is 3.18. The van der Waals surface area contributed by atoms with E-state index in [1.165, 1.54) is 62.3 Å². The van der Waals surface area contributed by atoms with Crippen molar-refractivity contribution in [3.8, 4) is 5.75 Å². The van der Waals surface area contributed by atoms with Gasteiger partial charge in [-0.15, -0.1) is 0 Å². The van der Waals surface area contributed by atoms with Crippen LogP contribution in [0.25, 0.3) is 10.9 Å². The molecule has 0 saturated heterocycles. The number of aliphatic hydroxyl groups excluding tert-OH is 1.